The van der Waals surface area contributed by atoms with Gasteiger partial charge in [-0.2, -0.15) is 0 Å². The molecule has 2 aliphatic rings. The van der Waals surface area contributed by atoms with E-state index < -0.39 is 0 Å². The number of halogens is 1. The Labute approximate surface area is 118 Å². The van der Waals surface area contributed by atoms with Crippen LogP contribution in [-0.4, -0.2) is 43.0 Å². The van der Waals surface area contributed by atoms with Crippen molar-refractivity contribution in [2.75, 3.05) is 33.2 Å². The average molecular weight is 338 g/mol. The first kappa shape index (κ1) is 16.2. The van der Waals surface area contributed by atoms with Crippen LogP contribution in [0.5, 0.6) is 0 Å². The van der Waals surface area contributed by atoms with Gasteiger partial charge in [-0.3, -0.25) is 0 Å². The second-order valence-electron chi connectivity index (χ2n) is 4.91. The highest BCUT2D eigenvalue weighted by molar-refractivity contribution is 14.0. The molecule has 0 N–H and O–H groups in total. The molecule has 2 heterocycles. The topological polar surface area (TPSA) is 6.48 Å². The SMILES string of the molecule is C=CN1CCC(C)CC1.CN1CCCC1.I. The van der Waals surface area contributed by atoms with Gasteiger partial charge in [0.25, 0.3) is 0 Å². The number of rotatable bonds is 1. The summed E-state index contributed by atoms with van der Waals surface area (Å²) < 4.78 is 0. The molecule has 0 aromatic heterocycles. The van der Waals surface area contributed by atoms with Gasteiger partial charge < -0.3 is 9.80 Å². The lowest BCUT2D eigenvalue weighted by atomic mass is 10.00. The smallest absolute Gasteiger partial charge is 0.0174 e. The van der Waals surface area contributed by atoms with Crippen LogP contribution in [0, 0.1) is 5.92 Å². The first-order chi connectivity index (χ1) is 7.22. The zero-order valence-corrected chi connectivity index (χ0v) is 13.2. The third kappa shape index (κ3) is 6.74. The Morgan fingerprint density at radius 3 is 1.88 bits per heavy atom. The van der Waals surface area contributed by atoms with Gasteiger partial charge in [-0.25, -0.2) is 0 Å². The van der Waals surface area contributed by atoms with Crippen molar-refractivity contribution in [3.63, 3.8) is 0 Å². The van der Waals surface area contributed by atoms with E-state index in [-0.39, 0.29) is 24.0 Å². The molecule has 0 aliphatic carbocycles. The molecule has 0 atom stereocenters. The lowest BCUT2D eigenvalue weighted by Gasteiger charge is -2.28. The van der Waals surface area contributed by atoms with E-state index in [4.69, 9.17) is 0 Å². The Morgan fingerprint density at radius 1 is 1.06 bits per heavy atom. The van der Waals surface area contributed by atoms with Gasteiger partial charge in [0.05, 0.1) is 0 Å². The molecular formula is C13H27IN2. The first-order valence-corrected chi connectivity index (χ1v) is 6.27. The monoisotopic (exact) mass is 338 g/mol. The van der Waals surface area contributed by atoms with E-state index in [1.165, 1.54) is 51.9 Å². The fourth-order valence-electron chi connectivity index (χ4n) is 2.09. The number of nitrogens with zero attached hydrogens (tertiary/aromatic N) is 2. The predicted molar refractivity (Wildman–Crippen MR) is 82.3 cm³/mol. The molecule has 16 heavy (non-hydrogen) atoms. The van der Waals surface area contributed by atoms with Crippen LogP contribution in [-0.2, 0) is 0 Å². The van der Waals surface area contributed by atoms with Gasteiger partial charge in [0.2, 0.25) is 0 Å². The van der Waals surface area contributed by atoms with Gasteiger partial charge in [0.1, 0.15) is 0 Å². The highest BCUT2D eigenvalue weighted by atomic mass is 127. The van der Waals surface area contributed by atoms with Crippen molar-refractivity contribution in [1.29, 1.82) is 0 Å². The number of hydrogen-bond donors (Lipinski definition) is 0. The quantitative estimate of drug-likeness (QED) is 0.678. The Bertz CT molecular complexity index is 171. The fourth-order valence-corrected chi connectivity index (χ4v) is 2.09. The third-order valence-electron chi connectivity index (χ3n) is 3.41. The molecule has 0 amide bonds. The van der Waals surface area contributed by atoms with Crippen molar-refractivity contribution >= 4 is 24.0 Å². The van der Waals surface area contributed by atoms with E-state index in [2.05, 4.69) is 30.4 Å². The van der Waals surface area contributed by atoms with Crippen LogP contribution in [0.3, 0.4) is 0 Å². The van der Waals surface area contributed by atoms with Gasteiger partial charge in [0, 0.05) is 13.1 Å². The third-order valence-corrected chi connectivity index (χ3v) is 3.41. The molecule has 0 saturated carbocycles. The second-order valence-corrected chi connectivity index (χ2v) is 4.91. The van der Waals surface area contributed by atoms with E-state index >= 15 is 0 Å². The Balaban J connectivity index is 0.000000283. The van der Waals surface area contributed by atoms with Crippen LogP contribution in [0.15, 0.2) is 12.8 Å². The lowest BCUT2D eigenvalue weighted by molar-refractivity contribution is 0.256. The zero-order chi connectivity index (χ0) is 11.1. The fraction of sp³-hybridized carbons (Fsp3) is 0.846. The van der Waals surface area contributed by atoms with Crippen LogP contribution in [0.25, 0.3) is 0 Å². The largest absolute Gasteiger partial charge is 0.378 e. The predicted octanol–water partition coefficient (Wildman–Crippen LogP) is 3.19. The van der Waals surface area contributed by atoms with Crippen molar-refractivity contribution in [1.82, 2.24) is 9.80 Å². The normalized spacial score (nSPS) is 22.0. The molecule has 0 aromatic rings. The maximum Gasteiger partial charge on any atom is 0.0174 e. The summed E-state index contributed by atoms with van der Waals surface area (Å²) in [6.07, 6.45) is 7.46. The highest BCUT2D eigenvalue weighted by Crippen LogP contribution is 2.15. The van der Waals surface area contributed by atoms with Crippen molar-refractivity contribution in [2.45, 2.75) is 32.6 Å². The molecular weight excluding hydrogens is 311 g/mol. The van der Waals surface area contributed by atoms with E-state index in [1.807, 2.05) is 6.20 Å². The number of hydrogen-bond acceptors (Lipinski definition) is 2. The van der Waals surface area contributed by atoms with Crippen LogP contribution in [0.1, 0.15) is 32.6 Å². The van der Waals surface area contributed by atoms with Crippen molar-refractivity contribution in [3.05, 3.63) is 12.8 Å². The molecule has 2 nitrogen and oxygen atoms in total. The van der Waals surface area contributed by atoms with E-state index in [0.29, 0.717) is 0 Å². The molecule has 0 unspecified atom stereocenters. The number of likely N-dealkylation sites (tertiary alicyclic amines) is 2. The van der Waals surface area contributed by atoms with Gasteiger partial charge in [0.15, 0.2) is 0 Å². The Kier molecular flexibility index (Phi) is 9.41. The van der Waals surface area contributed by atoms with E-state index in [0.717, 1.165) is 5.92 Å². The standard InChI is InChI=1S/C8H15N.C5H11N.HI/c1-3-9-6-4-8(2)5-7-9;1-6-4-2-3-5-6;/h3,8H,1,4-7H2,2H3;2-5H2,1H3;1H. The average Bonchev–Trinajstić information content (AvgIpc) is 2.71. The van der Waals surface area contributed by atoms with Crippen molar-refractivity contribution < 1.29 is 0 Å². The minimum Gasteiger partial charge on any atom is -0.378 e. The summed E-state index contributed by atoms with van der Waals surface area (Å²) in [5.74, 6) is 0.932. The summed E-state index contributed by atoms with van der Waals surface area (Å²) in [6.45, 7) is 11.1. The molecule has 0 bridgehead atoms. The minimum absolute atomic E-state index is 0. The molecule has 2 rings (SSSR count). The van der Waals surface area contributed by atoms with Crippen LogP contribution in [0.4, 0.5) is 0 Å². The molecule has 96 valence electrons. The molecule has 0 spiro atoms. The maximum absolute atomic E-state index is 3.74. The molecule has 0 radical (unpaired) electrons. The maximum atomic E-state index is 3.74. The molecule has 0 aromatic carbocycles. The van der Waals surface area contributed by atoms with Gasteiger partial charge in [-0.15, -0.1) is 24.0 Å². The van der Waals surface area contributed by atoms with E-state index in [1.54, 1.807) is 0 Å². The number of piperidine rings is 1. The summed E-state index contributed by atoms with van der Waals surface area (Å²) in [6, 6.07) is 0. The van der Waals surface area contributed by atoms with Crippen LogP contribution >= 0.6 is 24.0 Å². The van der Waals surface area contributed by atoms with Crippen molar-refractivity contribution in [2.24, 2.45) is 5.92 Å². The Hall–Kier alpha value is 0.230. The summed E-state index contributed by atoms with van der Waals surface area (Å²) in [5, 5.41) is 0. The minimum atomic E-state index is 0. The molecule has 3 heteroatoms. The zero-order valence-electron chi connectivity index (χ0n) is 10.8. The summed E-state index contributed by atoms with van der Waals surface area (Å²) >= 11 is 0. The summed E-state index contributed by atoms with van der Waals surface area (Å²) in [7, 11) is 2.17. The van der Waals surface area contributed by atoms with Crippen molar-refractivity contribution in [3.8, 4) is 0 Å². The summed E-state index contributed by atoms with van der Waals surface area (Å²) in [4.78, 5) is 4.65. The Morgan fingerprint density at radius 2 is 1.56 bits per heavy atom. The van der Waals surface area contributed by atoms with Crippen LogP contribution in [0.2, 0.25) is 0 Å². The van der Waals surface area contributed by atoms with E-state index in [9.17, 15) is 0 Å². The van der Waals surface area contributed by atoms with Gasteiger partial charge in [-0.05, 0) is 57.9 Å². The molecule has 2 saturated heterocycles. The molecule has 2 fully saturated rings. The highest BCUT2D eigenvalue weighted by Gasteiger charge is 2.11. The molecule has 2 aliphatic heterocycles. The van der Waals surface area contributed by atoms with Gasteiger partial charge in [-0.1, -0.05) is 13.5 Å². The lowest BCUT2D eigenvalue weighted by Crippen LogP contribution is -2.27. The van der Waals surface area contributed by atoms with Crippen LogP contribution < -0.4 is 0 Å². The van der Waals surface area contributed by atoms with Gasteiger partial charge >= 0.3 is 0 Å². The summed E-state index contributed by atoms with van der Waals surface area (Å²) in [5.41, 5.74) is 0. The second kappa shape index (κ2) is 9.28. The first-order valence-electron chi connectivity index (χ1n) is 6.27.